The largest absolute Gasteiger partial charge is 0.391 e. The second-order valence-electron chi connectivity index (χ2n) is 5.48. The molecule has 3 unspecified atom stereocenters. The second-order valence-corrected chi connectivity index (χ2v) is 5.48. The molecular weight excluding hydrogens is 192 g/mol. The zero-order valence-corrected chi connectivity index (χ0v) is 9.42. The fourth-order valence-electron chi connectivity index (χ4n) is 2.20. The molecule has 1 amide bonds. The summed E-state index contributed by atoms with van der Waals surface area (Å²) >= 11 is 0. The monoisotopic (exact) mass is 212 g/mol. The van der Waals surface area contributed by atoms with Crippen LogP contribution in [-0.2, 0) is 4.79 Å². The Kier molecular flexibility index (Phi) is 2.73. The van der Waals surface area contributed by atoms with Crippen molar-refractivity contribution in [2.75, 3.05) is 19.6 Å². The van der Waals surface area contributed by atoms with E-state index in [0.717, 1.165) is 13.0 Å². The first kappa shape index (κ1) is 10.9. The van der Waals surface area contributed by atoms with Gasteiger partial charge in [0.1, 0.15) is 0 Å². The van der Waals surface area contributed by atoms with E-state index in [1.54, 1.807) is 0 Å². The molecule has 2 rings (SSSR count). The van der Waals surface area contributed by atoms with E-state index < -0.39 is 0 Å². The Labute approximate surface area is 90.4 Å². The van der Waals surface area contributed by atoms with E-state index >= 15 is 0 Å². The molecule has 2 aliphatic rings. The highest BCUT2D eigenvalue weighted by Gasteiger charge is 2.50. The highest BCUT2D eigenvalue weighted by Crippen LogP contribution is 2.51. The third-order valence-corrected chi connectivity index (χ3v) is 3.67. The lowest BCUT2D eigenvalue weighted by Crippen LogP contribution is -2.35. The molecule has 0 radical (unpaired) electrons. The molecular formula is C11H20N2O2. The topological polar surface area (TPSA) is 61.4 Å². The van der Waals surface area contributed by atoms with Gasteiger partial charge in [0.2, 0.25) is 5.91 Å². The van der Waals surface area contributed by atoms with E-state index in [1.165, 1.54) is 0 Å². The van der Waals surface area contributed by atoms with Crippen molar-refractivity contribution < 1.29 is 9.90 Å². The first-order valence-electron chi connectivity index (χ1n) is 5.67. The number of aliphatic hydroxyl groups is 1. The van der Waals surface area contributed by atoms with Crippen LogP contribution in [0, 0.1) is 17.3 Å². The van der Waals surface area contributed by atoms with Crippen LogP contribution < -0.4 is 10.6 Å². The van der Waals surface area contributed by atoms with E-state index in [9.17, 15) is 9.90 Å². The zero-order valence-electron chi connectivity index (χ0n) is 9.42. The molecule has 0 aromatic rings. The van der Waals surface area contributed by atoms with Crippen LogP contribution in [0.3, 0.4) is 0 Å². The number of β-amino-alcohol motifs (C(OH)–C–C–N with tert-alkyl or cyclic N) is 1. The molecule has 1 heterocycles. The summed E-state index contributed by atoms with van der Waals surface area (Å²) in [6.07, 6.45) is 0.683. The number of nitrogens with one attached hydrogen (secondary N) is 2. The van der Waals surface area contributed by atoms with Crippen LogP contribution in [0.1, 0.15) is 20.3 Å². The number of rotatable bonds is 3. The zero-order chi connectivity index (χ0) is 11.1. The van der Waals surface area contributed by atoms with Gasteiger partial charge in [0.25, 0.3) is 0 Å². The molecule has 1 aliphatic carbocycles. The van der Waals surface area contributed by atoms with Crippen molar-refractivity contribution in [2.24, 2.45) is 17.3 Å². The Hall–Kier alpha value is -0.610. The Morgan fingerprint density at radius 3 is 2.67 bits per heavy atom. The van der Waals surface area contributed by atoms with Gasteiger partial charge in [0, 0.05) is 31.5 Å². The Bertz CT molecular complexity index is 265. The summed E-state index contributed by atoms with van der Waals surface area (Å²) in [5.74, 6) is 0.513. The van der Waals surface area contributed by atoms with E-state index in [0.29, 0.717) is 13.1 Å². The molecule has 0 aromatic carbocycles. The van der Waals surface area contributed by atoms with Crippen molar-refractivity contribution in [3.63, 3.8) is 0 Å². The summed E-state index contributed by atoms with van der Waals surface area (Å²) in [4.78, 5) is 11.7. The van der Waals surface area contributed by atoms with Gasteiger partial charge >= 0.3 is 0 Å². The van der Waals surface area contributed by atoms with Crippen LogP contribution >= 0.6 is 0 Å². The molecule has 86 valence electrons. The third kappa shape index (κ3) is 2.32. The number of amides is 1. The normalized spacial score (nSPS) is 37.7. The van der Waals surface area contributed by atoms with Crippen molar-refractivity contribution in [2.45, 2.75) is 26.4 Å². The molecule has 2 fully saturated rings. The lowest BCUT2D eigenvalue weighted by atomic mass is 10.1. The summed E-state index contributed by atoms with van der Waals surface area (Å²) in [5, 5.41) is 15.6. The van der Waals surface area contributed by atoms with E-state index in [1.807, 2.05) is 0 Å². The van der Waals surface area contributed by atoms with Gasteiger partial charge in [0.05, 0.1) is 6.10 Å². The van der Waals surface area contributed by atoms with Gasteiger partial charge in [-0.1, -0.05) is 13.8 Å². The lowest BCUT2D eigenvalue weighted by Gasteiger charge is -2.14. The summed E-state index contributed by atoms with van der Waals surface area (Å²) in [7, 11) is 0. The van der Waals surface area contributed by atoms with Gasteiger partial charge < -0.3 is 15.7 Å². The first-order valence-corrected chi connectivity index (χ1v) is 5.67. The van der Waals surface area contributed by atoms with E-state index in [4.69, 9.17) is 0 Å². The fraction of sp³-hybridized carbons (Fsp3) is 0.909. The van der Waals surface area contributed by atoms with Crippen molar-refractivity contribution in [1.82, 2.24) is 10.6 Å². The van der Waals surface area contributed by atoms with Gasteiger partial charge in [-0.25, -0.2) is 0 Å². The predicted molar refractivity (Wildman–Crippen MR) is 57.3 cm³/mol. The van der Waals surface area contributed by atoms with Gasteiger partial charge in [-0.15, -0.1) is 0 Å². The third-order valence-electron chi connectivity index (χ3n) is 3.67. The van der Waals surface area contributed by atoms with E-state index in [-0.39, 0.29) is 29.3 Å². The summed E-state index contributed by atoms with van der Waals surface area (Å²) in [6, 6.07) is 0. The Balaban J connectivity index is 1.72. The van der Waals surface area contributed by atoms with Crippen molar-refractivity contribution in [3.05, 3.63) is 0 Å². The van der Waals surface area contributed by atoms with Gasteiger partial charge in [-0.3, -0.25) is 4.79 Å². The second kappa shape index (κ2) is 3.76. The van der Waals surface area contributed by atoms with Crippen molar-refractivity contribution >= 4 is 5.91 Å². The molecule has 4 nitrogen and oxygen atoms in total. The molecule has 3 atom stereocenters. The fourth-order valence-corrected chi connectivity index (χ4v) is 2.20. The molecule has 15 heavy (non-hydrogen) atoms. The maximum absolute atomic E-state index is 11.7. The minimum absolute atomic E-state index is 0.152. The molecule has 0 spiro atoms. The maximum Gasteiger partial charge on any atom is 0.223 e. The number of hydrogen-bond acceptors (Lipinski definition) is 3. The molecule has 1 aliphatic heterocycles. The lowest BCUT2D eigenvalue weighted by molar-refractivity contribution is -0.123. The number of carbonyl (C=O) groups is 1. The van der Waals surface area contributed by atoms with Gasteiger partial charge in [0.15, 0.2) is 0 Å². The molecule has 1 saturated heterocycles. The minimum atomic E-state index is -0.308. The molecule has 0 aromatic heterocycles. The average molecular weight is 212 g/mol. The highest BCUT2D eigenvalue weighted by atomic mass is 16.3. The molecule has 1 saturated carbocycles. The smallest absolute Gasteiger partial charge is 0.223 e. The van der Waals surface area contributed by atoms with Crippen LogP contribution in [0.2, 0.25) is 0 Å². The van der Waals surface area contributed by atoms with Crippen LogP contribution in [0.25, 0.3) is 0 Å². The molecule has 3 N–H and O–H groups in total. The predicted octanol–water partition coefficient (Wildman–Crippen LogP) is -0.271. The van der Waals surface area contributed by atoms with Crippen LogP contribution in [-0.4, -0.2) is 36.8 Å². The standard InChI is InChI=1S/C11H20N2O2/c1-11(2)3-8(11)10(15)13-5-7-4-12-6-9(7)14/h7-9,12,14H,3-6H2,1-2H3,(H,13,15). The average Bonchev–Trinajstić information content (AvgIpc) is 2.61. The van der Waals surface area contributed by atoms with Crippen LogP contribution in [0.15, 0.2) is 0 Å². The number of carbonyl (C=O) groups excluding carboxylic acids is 1. The SMILES string of the molecule is CC1(C)CC1C(=O)NCC1CNCC1O. The molecule has 0 bridgehead atoms. The van der Waals surface area contributed by atoms with Gasteiger partial charge in [-0.2, -0.15) is 0 Å². The summed E-state index contributed by atoms with van der Waals surface area (Å²) in [6.45, 7) is 6.27. The maximum atomic E-state index is 11.7. The summed E-state index contributed by atoms with van der Waals surface area (Å²) in [5.41, 5.74) is 0.191. The quantitative estimate of drug-likeness (QED) is 0.603. The summed E-state index contributed by atoms with van der Waals surface area (Å²) < 4.78 is 0. The first-order chi connectivity index (χ1) is 7.00. The van der Waals surface area contributed by atoms with Gasteiger partial charge in [-0.05, 0) is 11.8 Å². The Morgan fingerprint density at radius 2 is 2.20 bits per heavy atom. The molecule has 4 heteroatoms. The van der Waals surface area contributed by atoms with Crippen LogP contribution in [0.4, 0.5) is 0 Å². The number of aliphatic hydroxyl groups excluding tert-OH is 1. The van der Waals surface area contributed by atoms with Crippen molar-refractivity contribution in [3.8, 4) is 0 Å². The Morgan fingerprint density at radius 1 is 1.53 bits per heavy atom. The van der Waals surface area contributed by atoms with Crippen molar-refractivity contribution in [1.29, 1.82) is 0 Å². The van der Waals surface area contributed by atoms with Crippen LogP contribution in [0.5, 0.6) is 0 Å². The highest BCUT2D eigenvalue weighted by molar-refractivity contribution is 5.82. The minimum Gasteiger partial charge on any atom is -0.391 e. The number of hydrogen-bond donors (Lipinski definition) is 3. The van der Waals surface area contributed by atoms with E-state index in [2.05, 4.69) is 24.5 Å².